The van der Waals surface area contributed by atoms with Crippen LogP contribution in [0.2, 0.25) is 0 Å². The Kier molecular flexibility index (Phi) is 11.0. The Bertz CT molecular complexity index is 522. The first-order chi connectivity index (χ1) is 12.4. The summed E-state index contributed by atoms with van der Waals surface area (Å²) in [5.41, 5.74) is 2.54. The van der Waals surface area contributed by atoms with Crippen molar-refractivity contribution in [3.05, 3.63) is 41.5 Å². The third kappa shape index (κ3) is 10.4. The van der Waals surface area contributed by atoms with Crippen molar-refractivity contribution in [2.75, 3.05) is 6.54 Å². The smallest absolute Gasteiger partial charge is 0.243 e. The van der Waals surface area contributed by atoms with Gasteiger partial charge in [-0.2, -0.15) is 0 Å². The van der Waals surface area contributed by atoms with Gasteiger partial charge in [0.25, 0.3) is 0 Å². The largest absolute Gasteiger partial charge is 0.353 e. The molecule has 0 unspecified atom stereocenters. The molecule has 0 saturated heterocycles. The molecule has 0 aliphatic heterocycles. The van der Waals surface area contributed by atoms with E-state index in [1.54, 1.807) is 6.08 Å². The second-order valence-corrected chi connectivity index (χ2v) is 8.32. The van der Waals surface area contributed by atoms with Crippen LogP contribution in [-0.4, -0.2) is 12.5 Å². The summed E-state index contributed by atoms with van der Waals surface area (Å²) in [6, 6.07) is 8.43. The van der Waals surface area contributed by atoms with Crippen molar-refractivity contribution in [2.24, 2.45) is 0 Å². The number of nitrogens with one attached hydrogen (secondary N) is 1. The van der Waals surface area contributed by atoms with Gasteiger partial charge in [0.2, 0.25) is 5.91 Å². The summed E-state index contributed by atoms with van der Waals surface area (Å²) in [6.45, 7) is 9.65. The van der Waals surface area contributed by atoms with Gasteiger partial charge in [-0.05, 0) is 29.0 Å². The van der Waals surface area contributed by atoms with Crippen molar-refractivity contribution in [1.29, 1.82) is 0 Å². The lowest BCUT2D eigenvalue weighted by molar-refractivity contribution is -0.116. The monoisotopic (exact) mass is 357 g/mol. The fourth-order valence-electron chi connectivity index (χ4n) is 2.97. The molecule has 0 bridgehead atoms. The molecular formula is C24H39NO. The Labute approximate surface area is 161 Å². The SMILES string of the molecule is CCCCCCCCCCCNC(=O)/C=C/c1ccc(C(C)(C)C)cc1. The van der Waals surface area contributed by atoms with Crippen LogP contribution in [0.1, 0.15) is 96.6 Å². The van der Waals surface area contributed by atoms with E-state index in [0.29, 0.717) is 0 Å². The van der Waals surface area contributed by atoms with Crippen LogP contribution in [0, 0.1) is 0 Å². The molecule has 1 amide bonds. The number of amides is 1. The minimum absolute atomic E-state index is 0.00413. The molecule has 0 heterocycles. The fourth-order valence-corrected chi connectivity index (χ4v) is 2.97. The van der Waals surface area contributed by atoms with E-state index in [-0.39, 0.29) is 11.3 Å². The van der Waals surface area contributed by atoms with E-state index in [9.17, 15) is 4.79 Å². The van der Waals surface area contributed by atoms with E-state index in [0.717, 1.165) is 18.5 Å². The average molecular weight is 358 g/mol. The lowest BCUT2D eigenvalue weighted by Crippen LogP contribution is -2.21. The third-order valence-corrected chi connectivity index (χ3v) is 4.78. The molecule has 0 aromatic heterocycles. The molecular weight excluding hydrogens is 318 g/mol. The molecule has 0 radical (unpaired) electrons. The van der Waals surface area contributed by atoms with Crippen LogP contribution in [-0.2, 0) is 10.2 Å². The summed E-state index contributed by atoms with van der Waals surface area (Å²) in [4.78, 5) is 11.9. The number of carbonyl (C=O) groups excluding carboxylic acids is 1. The highest BCUT2D eigenvalue weighted by atomic mass is 16.1. The second-order valence-electron chi connectivity index (χ2n) is 8.32. The van der Waals surface area contributed by atoms with Gasteiger partial charge in [0, 0.05) is 12.6 Å². The molecule has 0 spiro atoms. The average Bonchev–Trinajstić information content (AvgIpc) is 2.61. The highest BCUT2D eigenvalue weighted by Gasteiger charge is 2.12. The van der Waals surface area contributed by atoms with Crippen LogP contribution in [0.3, 0.4) is 0 Å². The van der Waals surface area contributed by atoms with Gasteiger partial charge in [-0.15, -0.1) is 0 Å². The number of carbonyl (C=O) groups is 1. The van der Waals surface area contributed by atoms with E-state index in [1.807, 2.05) is 6.08 Å². The van der Waals surface area contributed by atoms with E-state index in [2.05, 4.69) is 57.3 Å². The topological polar surface area (TPSA) is 29.1 Å². The highest BCUT2D eigenvalue weighted by molar-refractivity contribution is 5.91. The Balaban J connectivity index is 2.12. The first kappa shape index (κ1) is 22.5. The molecule has 26 heavy (non-hydrogen) atoms. The van der Waals surface area contributed by atoms with Crippen molar-refractivity contribution >= 4 is 12.0 Å². The fraction of sp³-hybridized carbons (Fsp3) is 0.625. The maximum atomic E-state index is 11.9. The van der Waals surface area contributed by atoms with Crippen LogP contribution in [0.5, 0.6) is 0 Å². The van der Waals surface area contributed by atoms with E-state index in [1.165, 1.54) is 56.9 Å². The first-order valence-corrected chi connectivity index (χ1v) is 10.5. The van der Waals surface area contributed by atoms with Gasteiger partial charge in [0.1, 0.15) is 0 Å². The Morgan fingerprint density at radius 2 is 1.42 bits per heavy atom. The third-order valence-electron chi connectivity index (χ3n) is 4.78. The summed E-state index contributed by atoms with van der Waals surface area (Å²) >= 11 is 0. The molecule has 2 nitrogen and oxygen atoms in total. The Morgan fingerprint density at radius 1 is 0.885 bits per heavy atom. The molecule has 0 aliphatic carbocycles. The second kappa shape index (κ2) is 12.7. The van der Waals surface area contributed by atoms with Crippen LogP contribution < -0.4 is 5.32 Å². The van der Waals surface area contributed by atoms with E-state index < -0.39 is 0 Å². The minimum atomic E-state index is 0.00413. The Hall–Kier alpha value is -1.57. The van der Waals surface area contributed by atoms with Crippen molar-refractivity contribution in [2.45, 2.75) is 90.9 Å². The lowest BCUT2D eigenvalue weighted by Gasteiger charge is -2.18. The molecule has 0 fully saturated rings. The van der Waals surface area contributed by atoms with Gasteiger partial charge in [0.05, 0.1) is 0 Å². The van der Waals surface area contributed by atoms with Gasteiger partial charge in [-0.1, -0.05) is 103 Å². The molecule has 0 saturated carbocycles. The molecule has 1 aromatic carbocycles. The van der Waals surface area contributed by atoms with Crippen LogP contribution in [0.15, 0.2) is 30.3 Å². The molecule has 2 heteroatoms. The number of hydrogen-bond donors (Lipinski definition) is 1. The highest BCUT2D eigenvalue weighted by Crippen LogP contribution is 2.22. The summed E-state index contributed by atoms with van der Waals surface area (Å²) < 4.78 is 0. The molecule has 1 rings (SSSR count). The molecule has 0 atom stereocenters. The lowest BCUT2D eigenvalue weighted by atomic mass is 9.87. The summed E-state index contributed by atoms with van der Waals surface area (Å²) in [6.07, 6.45) is 15.3. The maximum Gasteiger partial charge on any atom is 0.243 e. The Morgan fingerprint density at radius 3 is 1.96 bits per heavy atom. The zero-order valence-electron chi connectivity index (χ0n) is 17.4. The van der Waals surface area contributed by atoms with Gasteiger partial charge in [0.15, 0.2) is 0 Å². The van der Waals surface area contributed by atoms with E-state index in [4.69, 9.17) is 0 Å². The number of hydrogen-bond acceptors (Lipinski definition) is 1. The predicted octanol–water partition coefficient (Wildman–Crippen LogP) is 6.64. The van der Waals surface area contributed by atoms with Gasteiger partial charge < -0.3 is 5.32 Å². The number of benzene rings is 1. The van der Waals surface area contributed by atoms with Crippen molar-refractivity contribution in [3.8, 4) is 0 Å². The van der Waals surface area contributed by atoms with E-state index >= 15 is 0 Å². The van der Waals surface area contributed by atoms with Crippen LogP contribution >= 0.6 is 0 Å². The summed E-state index contributed by atoms with van der Waals surface area (Å²) in [5, 5.41) is 2.98. The maximum absolute atomic E-state index is 11.9. The molecule has 1 aromatic rings. The minimum Gasteiger partial charge on any atom is -0.353 e. The normalized spacial score (nSPS) is 11.8. The number of unbranched alkanes of at least 4 members (excludes halogenated alkanes) is 8. The van der Waals surface area contributed by atoms with Crippen LogP contribution in [0.25, 0.3) is 6.08 Å². The van der Waals surface area contributed by atoms with Gasteiger partial charge >= 0.3 is 0 Å². The van der Waals surface area contributed by atoms with Crippen molar-refractivity contribution < 1.29 is 4.79 Å². The van der Waals surface area contributed by atoms with Crippen molar-refractivity contribution in [3.63, 3.8) is 0 Å². The number of rotatable bonds is 12. The predicted molar refractivity (Wildman–Crippen MR) is 114 cm³/mol. The quantitative estimate of drug-likeness (QED) is 0.329. The standard InChI is InChI=1S/C24H39NO/c1-5-6-7-8-9-10-11-12-13-20-25-23(26)19-16-21-14-17-22(18-15-21)24(2,3)4/h14-19H,5-13,20H2,1-4H3,(H,25,26)/b19-16+. The first-order valence-electron chi connectivity index (χ1n) is 10.5. The zero-order chi connectivity index (χ0) is 19.3. The van der Waals surface area contributed by atoms with Crippen molar-refractivity contribution in [1.82, 2.24) is 5.32 Å². The zero-order valence-corrected chi connectivity index (χ0v) is 17.4. The molecule has 1 N–H and O–H groups in total. The van der Waals surface area contributed by atoms with Gasteiger partial charge in [-0.25, -0.2) is 0 Å². The van der Waals surface area contributed by atoms with Gasteiger partial charge in [-0.3, -0.25) is 4.79 Å². The molecule has 0 aliphatic rings. The molecule has 146 valence electrons. The summed E-state index contributed by atoms with van der Waals surface area (Å²) in [5.74, 6) is 0.00413. The van der Waals surface area contributed by atoms with Crippen LogP contribution in [0.4, 0.5) is 0 Å². The summed E-state index contributed by atoms with van der Waals surface area (Å²) in [7, 11) is 0.